The molecule has 0 radical (unpaired) electrons. The Bertz CT molecular complexity index is 431. The Morgan fingerprint density at radius 3 is 2.35 bits per heavy atom. The zero-order valence-corrected chi connectivity index (χ0v) is 12.5. The van der Waals surface area contributed by atoms with E-state index in [1.807, 2.05) is 44.2 Å². The Morgan fingerprint density at radius 2 is 1.82 bits per heavy atom. The van der Waals surface area contributed by atoms with E-state index in [9.17, 15) is 8.42 Å². The highest BCUT2D eigenvalue weighted by Gasteiger charge is 2.16. The average Bonchev–Trinajstić information content (AvgIpc) is 2.15. The van der Waals surface area contributed by atoms with Crippen molar-refractivity contribution in [3.63, 3.8) is 0 Å². The van der Waals surface area contributed by atoms with Gasteiger partial charge in [0, 0.05) is 10.9 Å². The van der Waals surface area contributed by atoms with Gasteiger partial charge in [-0.3, -0.25) is 0 Å². The number of nitrogens with one attached hydrogen (secondary N) is 1. The van der Waals surface area contributed by atoms with E-state index in [-0.39, 0.29) is 11.8 Å². The fourth-order valence-corrected chi connectivity index (χ4v) is 3.66. The predicted molar refractivity (Wildman–Crippen MR) is 74.7 cm³/mol. The zero-order chi connectivity index (χ0) is 12.9. The monoisotopic (exact) mass is 319 g/mol. The normalized spacial score (nSPS) is 15.5. The van der Waals surface area contributed by atoms with E-state index < -0.39 is 10.0 Å². The van der Waals surface area contributed by atoms with Gasteiger partial charge in [-0.1, -0.05) is 53.2 Å². The fraction of sp³-hybridized carbons (Fsp3) is 0.500. The molecule has 17 heavy (non-hydrogen) atoms. The van der Waals surface area contributed by atoms with Crippen LogP contribution in [0.3, 0.4) is 0 Å². The molecule has 1 N–H and O–H groups in total. The number of benzene rings is 1. The van der Waals surface area contributed by atoms with Gasteiger partial charge < -0.3 is 0 Å². The van der Waals surface area contributed by atoms with Crippen molar-refractivity contribution in [3.8, 4) is 0 Å². The highest BCUT2D eigenvalue weighted by molar-refractivity contribution is 9.09. The lowest BCUT2D eigenvalue weighted by molar-refractivity contribution is 0.547. The summed E-state index contributed by atoms with van der Waals surface area (Å²) in [4.78, 5) is 0.303. The van der Waals surface area contributed by atoms with E-state index in [0.717, 1.165) is 12.0 Å². The van der Waals surface area contributed by atoms with E-state index in [1.165, 1.54) is 0 Å². The third-order valence-corrected chi connectivity index (χ3v) is 4.11. The maximum Gasteiger partial charge on any atom is 0.216 e. The van der Waals surface area contributed by atoms with Crippen LogP contribution in [0, 0.1) is 0 Å². The van der Waals surface area contributed by atoms with Crippen LogP contribution >= 0.6 is 15.9 Å². The van der Waals surface area contributed by atoms with Crippen molar-refractivity contribution >= 4 is 26.0 Å². The predicted octanol–water partition coefficient (Wildman–Crippen LogP) is 2.67. The molecule has 0 fully saturated rings. The van der Waals surface area contributed by atoms with Crippen LogP contribution in [-0.2, 0) is 15.8 Å². The number of hydrogen-bond acceptors (Lipinski definition) is 2. The first-order chi connectivity index (χ1) is 7.89. The van der Waals surface area contributed by atoms with Crippen LogP contribution in [0.5, 0.6) is 0 Å². The van der Waals surface area contributed by atoms with E-state index in [1.54, 1.807) is 0 Å². The summed E-state index contributed by atoms with van der Waals surface area (Å²) < 4.78 is 26.4. The smallest absolute Gasteiger partial charge is 0.212 e. The first kappa shape index (κ1) is 14.7. The Balaban J connectivity index is 2.58. The van der Waals surface area contributed by atoms with Crippen LogP contribution in [-0.4, -0.2) is 19.3 Å². The van der Waals surface area contributed by atoms with Gasteiger partial charge in [-0.05, 0) is 18.9 Å². The molecular weight excluding hydrogens is 302 g/mol. The van der Waals surface area contributed by atoms with Gasteiger partial charge in [0.15, 0.2) is 0 Å². The summed E-state index contributed by atoms with van der Waals surface area (Å²) in [6.07, 6.45) is 0.772. The van der Waals surface area contributed by atoms with Gasteiger partial charge in [0.1, 0.15) is 0 Å². The molecule has 2 atom stereocenters. The van der Waals surface area contributed by atoms with Crippen molar-refractivity contribution in [1.82, 2.24) is 4.72 Å². The molecule has 1 aromatic rings. The van der Waals surface area contributed by atoms with Crippen molar-refractivity contribution in [3.05, 3.63) is 35.9 Å². The standard InChI is InChI=1S/C12H18BrNO2S/c1-10(13)8-11(2)14-17(15,16)9-12-6-4-3-5-7-12/h3-7,10-11,14H,8-9H2,1-2H3. The summed E-state index contributed by atoms with van der Waals surface area (Å²) in [6.45, 7) is 3.88. The van der Waals surface area contributed by atoms with Crippen LogP contribution in [0.4, 0.5) is 0 Å². The fourth-order valence-electron chi connectivity index (χ4n) is 1.68. The topological polar surface area (TPSA) is 46.2 Å². The number of sulfonamides is 1. The van der Waals surface area contributed by atoms with Crippen molar-refractivity contribution in [2.45, 2.75) is 36.9 Å². The molecule has 0 heterocycles. The highest BCUT2D eigenvalue weighted by Crippen LogP contribution is 2.09. The minimum Gasteiger partial charge on any atom is -0.212 e. The lowest BCUT2D eigenvalue weighted by atomic mass is 10.2. The molecule has 0 aromatic heterocycles. The van der Waals surface area contributed by atoms with E-state index in [2.05, 4.69) is 20.7 Å². The number of hydrogen-bond donors (Lipinski definition) is 1. The molecule has 0 amide bonds. The Labute approximate surface area is 112 Å². The molecule has 1 aromatic carbocycles. The molecule has 0 saturated carbocycles. The summed E-state index contributed by atoms with van der Waals surface area (Å²) in [5.41, 5.74) is 0.805. The number of alkyl halides is 1. The van der Waals surface area contributed by atoms with Gasteiger partial charge in [-0.15, -0.1) is 0 Å². The summed E-state index contributed by atoms with van der Waals surface area (Å²) >= 11 is 3.41. The summed E-state index contributed by atoms with van der Waals surface area (Å²) in [5.74, 6) is 0.0366. The van der Waals surface area contributed by atoms with Gasteiger partial charge in [0.2, 0.25) is 10.0 Å². The van der Waals surface area contributed by atoms with Crippen molar-refractivity contribution in [2.75, 3.05) is 0 Å². The molecule has 3 nitrogen and oxygen atoms in total. The maximum absolute atomic E-state index is 11.9. The quantitative estimate of drug-likeness (QED) is 0.819. The van der Waals surface area contributed by atoms with Crippen LogP contribution in [0.15, 0.2) is 30.3 Å². The largest absolute Gasteiger partial charge is 0.216 e. The second-order valence-electron chi connectivity index (χ2n) is 4.28. The lowest BCUT2D eigenvalue weighted by Crippen LogP contribution is -2.34. The van der Waals surface area contributed by atoms with Crippen LogP contribution < -0.4 is 4.72 Å². The number of halogens is 1. The van der Waals surface area contributed by atoms with Crippen molar-refractivity contribution < 1.29 is 8.42 Å². The SMILES string of the molecule is CC(Br)CC(C)NS(=O)(=O)Cc1ccccc1. The first-order valence-corrected chi connectivity index (χ1v) is 8.14. The second-order valence-corrected chi connectivity index (χ2v) is 7.60. The minimum absolute atomic E-state index is 0.0366. The Kier molecular flexibility index (Phi) is 5.62. The molecule has 0 aliphatic rings. The molecule has 2 unspecified atom stereocenters. The van der Waals surface area contributed by atoms with Crippen LogP contribution in [0.25, 0.3) is 0 Å². The average molecular weight is 320 g/mol. The summed E-state index contributed by atoms with van der Waals surface area (Å²) in [6, 6.07) is 9.13. The molecule has 0 aliphatic carbocycles. The molecule has 0 saturated heterocycles. The summed E-state index contributed by atoms with van der Waals surface area (Å²) in [7, 11) is -3.25. The minimum atomic E-state index is -3.25. The molecule has 0 bridgehead atoms. The summed E-state index contributed by atoms with van der Waals surface area (Å²) in [5, 5.41) is 0. The van der Waals surface area contributed by atoms with Gasteiger partial charge in [0.05, 0.1) is 5.75 Å². The third kappa shape index (κ3) is 6.19. The Hall–Kier alpha value is -0.390. The van der Waals surface area contributed by atoms with E-state index in [4.69, 9.17) is 0 Å². The van der Waals surface area contributed by atoms with Crippen LogP contribution in [0.1, 0.15) is 25.8 Å². The van der Waals surface area contributed by atoms with Crippen molar-refractivity contribution in [2.24, 2.45) is 0 Å². The van der Waals surface area contributed by atoms with E-state index in [0.29, 0.717) is 4.83 Å². The molecule has 0 aliphatic heterocycles. The molecule has 0 spiro atoms. The third-order valence-electron chi connectivity index (χ3n) is 2.26. The number of rotatable bonds is 6. The maximum atomic E-state index is 11.9. The molecule has 5 heteroatoms. The second kappa shape index (κ2) is 6.52. The Morgan fingerprint density at radius 1 is 1.24 bits per heavy atom. The zero-order valence-electron chi connectivity index (χ0n) is 10.1. The first-order valence-electron chi connectivity index (χ1n) is 5.57. The molecule has 1 rings (SSSR count). The van der Waals surface area contributed by atoms with Gasteiger partial charge in [-0.25, -0.2) is 13.1 Å². The van der Waals surface area contributed by atoms with Crippen LogP contribution in [0.2, 0.25) is 0 Å². The highest BCUT2D eigenvalue weighted by atomic mass is 79.9. The van der Waals surface area contributed by atoms with E-state index >= 15 is 0 Å². The van der Waals surface area contributed by atoms with Gasteiger partial charge in [-0.2, -0.15) is 0 Å². The molecule has 96 valence electrons. The van der Waals surface area contributed by atoms with Gasteiger partial charge >= 0.3 is 0 Å². The molecular formula is C12H18BrNO2S. The lowest BCUT2D eigenvalue weighted by Gasteiger charge is -2.15. The van der Waals surface area contributed by atoms with Gasteiger partial charge in [0.25, 0.3) is 0 Å². The van der Waals surface area contributed by atoms with Crippen molar-refractivity contribution in [1.29, 1.82) is 0 Å².